The molecular weight excluding hydrogens is 402 g/mol. The van der Waals surface area contributed by atoms with Crippen LogP contribution in [0.5, 0.6) is 0 Å². The Morgan fingerprint density at radius 1 is 1.13 bits per heavy atom. The second-order valence-electron chi connectivity index (χ2n) is 6.62. The van der Waals surface area contributed by atoms with Gasteiger partial charge in [-0.3, -0.25) is 4.79 Å². The van der Waals surface area contributed by atoms with Gasteiger partial charge in [-0.25, -0.2) is 4.79 Å². The van der Waals surface area contributed by atoms with E-state index >= 15 is 0 Å². The van der Waals surface area contributed by atoms with Crippen molar-refractivity contribution in [2.75, 3.05) is 5.32 Å². The SMILES string of the molecule is Cc1cc(/C=C(/C#N)C(=O)Nc2ccccc2)c(C)n1-c1ccc(C(=O)O)c(Cl)c1. The molecule has 7 heteroatoms. The highest BCUT2D eigenvalue weighted by Crippen LogP contribution is 2.26. The first-order valence-corrected chi connectivity index (χ1v) is 9.40. The van der Waals surface area contributed by atoms with Crippen molar-refractivity contribution >= 4 is 35.2 Å². The molecule has 0 aliphatic heterocycles. The van der Waals surface area contributed by atoms with Crippen LogP contribution in [0, 0.1) is 25.2 Å². The average molecular weight is 420 g/mol. The monoisotopic (exact) mass is 419 g/mol. The predicted octanol–water partition coefficient (Wildman–Crippen LogP) is 4.99. The standard InChI is InChI=1S/C23H18ClN3O3/c1-14-10-16(11-17(13-25)22(28)26-18-6-4-3-5-7-18)15(2)27(14)19-8-9-20(23(29)30)21(24)12-19/h3-12H,1-2H3,(H,26,28)(H,29,30)/b17-11-. The van der Waals surface area contributed by atoms with E-state index < -0.39 is 11.9 Å². The van der Waals surface area contributed by atoms with Gasteiger partial charge in [0.1, 0.15) is 11.6 Å². The molecule has 1 amide bonds. The van der Waals surface area contributed by atoms with Gasteiger partial charge in [0.05, 0.1) is 10.6 Å². The molecule has 0 bridgehead atoms. The third kappa shape index (κ3) is 4.27. The normalized spacial score (nSPS) is 11.1. The highest BCUT2D eigenvalue weighted by atomic mass is 35.5. The second kappa shape index (κ2) is 8.68. The maximum Gasteiger partial charge on any atom is 0.337 e. The third-order valence-electron chi connectivity index (χ3n) is 4.61. The number of nitrogens with one attached hydrogen (secondary N) is 1. The minimum Gasteiger partial charge on any atom is -0.478 e. The molecule has 2 aromatic carbocycles. The third-order valence-corrected chi connectivity index (χ3v) is 4.92. The summed E-state index contributed by atoms with van der Waals surface area (Å²) in [4.78, 5) is 23.7. The number of amides is 1. The Morgan fingerprint density at radius 2 is 1.83 bits per heavy atom. The van der Waals surface area contributed by atoms with Gasteiger partial charge in [-0.2, -0.15) is 5.26 Å². The number of carboxylic acids is 1. The number of rotatable bonds is 5. The molecule has 0 aliphatic rings. The smallest absolute Gasteiger partial charge is 0.337 e. The summed E-state index contributed by atoms with van der Waals surface area (Å²) in [7, 11) is 0. The highest BCUT2D eigenvalue weighted by molar-refractivity contribution is 6.33. The zero-order valence-corrected chi connectivity index (χ0v) is 17.1. The Kier molecular flexibility index (Phi) is 6.05. The lowest BCUT2D eigenvalue weighted by molar-refractivity contribution is -0.112. The van der Waals surface area contributed by atoms with Crippen molar-refractivity contribution in [1.82, 2.24) is 4.57 Å². The molecule has 2 N–H and O–H groups in total. The van der Waals surface area contributed by atoms with E-state index in [1.165, 1.54) is 12.1 Å². The fourth-order valence-electron chi connectivity index (χ4n) is 3.17. The van der Waals surface area contributed by atoms with Gasteiger partial charge in [-0.15, -0.1) is 0 Å². The van der Waals surface area contributed by atoms with Crippen molar-refractivity contribution in [2.24, 2.45) is 0 Å². The first-order chi connectivity index (χ1) is 14.3. The lowest BCUT2D eigenvalue weighted by atomic mass is 10.1. The maximum absolute atomic E-state index is 12.5. The largest absolute Gasteiger partial charge is 0.478 e. The van der Waals surface area contributed by atoms with E-state index in [1.807, 2.05) is 36.6 Å². The summed E-state index contributed by atoms with van der Waals surface area (Å²) in [5.74, 6) is -1.60. The van der Waals surface area contributed by atoms with E-state index in [1.54, 1.807) is 36.4 Å². The number of aromatic nitrogens is 1. The van der Waals surface area contributed by atoms with Crippen molar-refractivity contribution < 1.29 is 14.7 Å². The van der Waals surface area contributed by atoms with Crippen LogP contribution in [0.2, 0.25) is 5.02 Å². The van der Waals surface area contributed by atoms with E-state index in [-0.39, 0.29) is 16.2 Å². The van der Waals surface area contributed by atoms with E-state index in [9.17, 15) is 14.9 Å². The molecule has 0 fully saturated rings. The van der Waals surface area contributed by atoms with Crippen LogP contribution in [0.25, 0.3) is 11.8 Å². The number of anilines is 1. The van der Waals surface area contributed by atoms with Gasteiger partial charge in [-0.05, 0) is 61.9 Å². The molecule has 3 aromatic rings. The van der Waals surface area contributed by atoms with Gasteiger partial charge < -0.3 is 15.0 Å². The molecule has 0 unspecified atom stereocenters. The lowest BCUT2D eigenvalue weighted by Gasteiger charge is -2.11. The van der Waals surface area contributed by atoms with Crippen molar-refractivity contribution in [2.45, 2.75) is 13.8 Å². The number of nitriles is 1. The number of carboxylic acid groups (broad SMARTS) is 1. The molecule has 0 aliphatic carbocycles. The molecule has 0 saturated heterocycles. The van der Waals surface area contributed by atoms with Crippen LogP contribution >= 0.6 is 11.6 Å². The van der Waals surface area contributed by atoms with Crippen LogP contribution in [-0.4, -0.2) is 21.6 Å². The van der Waals surface area contributed by atoms with Crippen LogP contribution in [-0.2, 0) is 4.79 Å². The average Bonchev–Trinajstić information content (AvgIpc) is 2.99. The van der Waals surface area contributed by atoms with Crippen molar-refractivity contribution in [3.05, 3.63) is 87.7 Å². The van der Waals surface area contributed by atoms with Crippen LogP contribution in [0.4, 0.5) is 5.69 Å². The number of halogens is 1. The quantitative estimate of drug-likeness (QED) is 0.449. The molecule has 0 saturated carbocycles. The first-order valence-electron chi connectivity index (χ1n) is 9.02. The molecule has 1 heterocycles. The number of benzene rings is 2. The highest BCUT2D eigenvalue weighted by Gasteiger charge is 2.16. The molecule has 3 rings (SSSR count). The number of para-hydroxylation sites is 1. The molecule has 6 nitrogen and oxygen atoms in total. The first kappa shape index (κ1) is 20.9. The van der Waals surface area contributed by atoms with Gasteiger partial charge in [0, 0.05) is 22.8 Å². The Hall–Kier alpha value is -3.82. The Balaban J connectivity index is 1.96. The fraction of sp³-hybridized carbons (Fsp3) is 0.0870. The molecule has 0 atom stereocenters. The van der Waals surface area contributed by atoms with Crippen LogP contribution in [0.1, 0.15) is 27.3 Å². The van der Waals surface area contributed by atoms with Crippen LogP contribution in [0.3, 0.4) is 0 Å². The zero-order valence-electron chi connectivity index (χ0n) is 16.3. The molecule has 150 valence electrons. The summed E-state index contributed by atoms with van der Waals surface area (Å²) in [6.07, 6.45) is 1.53. The Bertz CT molecular complexity index is 1200. The van der Waals surface area contributed by atoms with Crippen LogP contribution < -0.4 is 5.32 Å². The van der Waals surface area contributed by atoms with Crippen molar-refractivity contribution in [1.29, 1.82) is 5.26 Å². The summed E-state index contributed by atoms with van der Waals surface area (Å²) in [6, 6.07) is 17.4. The zero-order chi connectivity index (χ0) is 21.8. The van der Waals surface area contributed by atoms with Crippen molar-refractivity contribution in [3.8, 4) is 11.8 Å². The topological polar surface area (TPSA) is 95.1 Å². The second-order valence-corrected chi connectivity index (χ2v) is 7.03. The summed E-state index contributed by atoms with van der Waals surface area (Å²) < 4.78 is 1.88. The molecule has 30 heavy (non-hydrogen) atoms. The van der Waals surface area contributed by atoms with E-state index in [4.69, 9.17) is 16.7 Å². The summed E-state index contributed by atoms with van der Waals surface area (Å²) >= 11 is 6.11. The van der Waals surface area contributed by atoms with Crippen molar-refractivity contribution in [3.63, 3.8) is 0 Å². The number of nitrogens with zero attached hydrogens (tertiary/aromatic N) is 2. The molecule has 1 aromatic heterocycles. The number of aromatic carboxylic acids is 1. The number of aryl methyl sites for hydroxylation is 1. The Labute approximate surface area is 178 Å². The van der Waals surface area contributed by atoms with Gasteiger partial charge in [0.2, 0.25) is 0 Å². The number of hydrogen-bond donors (Lipinski definition) is 2. The van der Waals surface area contributed by atoms with E-state index in [0.29, 0.717) is 16.9 Å². The molecule has 0 radical (unpaired) electrons. The summed E-state index contributed by atoms with van der Waals surface area (Å²) in [6.45, 7) is 3.72. The van der Waals surface area contributed by atoms with Gasteiger partial charge in [-0.1, -0.05) is 29.8 Å². The number of carbonyl (C=O) groups is 2. The Morgan fingerprint density at radius 3 is 2.43 bits per heavy atom. The fourth-order valence-corrected chi connectivity index (χ4v) is 3.43. The minimum atomic E-state index is -1.10. The molecule has 0 spiro atoms. The summed E-state index contributed by atoms with van der Waals surface area (Å²) in [5.41, 5.74) is 3.61. The van der Waals surface area contributed by atoms with Gasteiger partial charge >= 0.3 is 5.97 Å². The molecular formula is C23H18ClN3O3. The van der Waals surface area contributed by atoms with Gasteiger partial charge in [0.25, 0.3) is 5.91 Å². The summed E-state index contributed by atoms with van der Waals surface area (Å²) in [5, 5.41) is 21.5. The van der Waals surface area contributed by atoms with Crippen LogP contribution in [0.15, 0.2) is 60.2 Å². The van der Waals surface area contributed by atoms with E-state index in [2.05, 4.69) is 5.32 Å². The predicted molar refractivity (Wildman–Crippen MR) is 116 cm³/mol. The van der Waals surface area contributed by atoms with Gasteiger partial charge in [0.15, 0.2) is 0 Å². The number of hydrogen-bond acceptors (Lipinski definition) is 3. The lowest BCUT2D eigenvalue weighted by Crippen LogP contribution is -2.13. The number of carbonyl (C=O) groups excluding carboxylic acids is 1. The maximum atomic E-state index is 12.5. The minimum absolute atomic E-state index is 0.0207. The van der Waals surface area contributed by atoms with E-state index in [0.717, 1.165) is 11.4 Å².